The number of hydrogen-bond acceptors (Lipinski definition) is 4. The van der Waals surface area contributed by atoms with E-state index < -0.39 is 0 Å². The Labute approximate surface area is 161 Å². The van der Waals surface area contributed by atoms with Gasteiger partial charge >= 0.3 is 0 Å². The summed E-state index contributed by atoms with van der Waals surface area (Å²) in [6.07, 6.45) is 4.10. The molecule has 2 heterocycles. The first-order valence-electron chi connectivity index (χ1n) is 8.78. The van der Waals surface area contributed by atoms with Gasteiger partial charge in [-0.2, -0.15) is 0 Å². The van der Waals surface area contributed by atoms with E-state index in [1.165, 1.54) is 0 Å². The number of nitrogens with zero attached hydrogens (tertiary/aromatic N) is 2. The molecule has 136 valence electrons. The van der Waals surface area contributed by atoms with E-state index in [9.17, 15) is 9.90 Å². The van der Waals surface area contributed by atoms with Gasteiger partial charge in [0, 0.05) is 35.7 Å². The number of benzene rings is 1. The lowest BCUT2D eigenvalue weighted by molar-refractivity contribution is -0.172. The zero-order valence-electron chi connectivity index (χ0n) is 14.0. The van der Waals surface area contributed by atoms with Gasteiger partial charge in [-0.3, -0.25) is 9.69 Å². The topological polar surface area (TPSA) is 53.0 Å². The molecule has 1 aliphatic carbocycles. The molecule has 5 nitrogen and oxygen atoms in total. The van der Waals surface area contributed by atoms with Crippen LogP contribution in [-0.4, -0.2) is 58.7 Å². The van der Waals surface area contributed by atoms with Crippen molar-refractivity contribution < 1.29 is 14.6 Å². The van der Waals surface area contributed by atoms with E-state index in [2.05, 4.69) is 20.8 Å². The van der Waals surface area contributed by atoms with E-state index >= 15 is 0 Å². The molecule has 0 radical (unpaired) electrons. The molecule has 0 unspecified atom stereocenters. The van der Waals surface area contributed by atoms with Crippen molar-refractivity contribution in [3.63, 3.8) is 0 Å². The highest BCUT2D eigenvalue weighted by Crippen LogP contribution is 2.37. The Bertz CT molecular complexity index is 687. The predicted molar refractivity (Wildman–Crippen MR) is 98.7 cm³/mol. The van der Waals surface area contributed by atoms with Gasteiger partial charge < -0.3 is 14.7 Å². The molecule has 0 atom stereocenters. The molecule has 0 bridgehead atoms. The fourth-order valence-electron chi connectivity index (χ4n) is 3.83. The lowest BCUT2D eigenvalue weighted by Crippen LogP contribution is -2.59. The van der Waals surface area contributed by atoms with Crippen molar-refractivity contribution in [2.75, 3.05) is 26.2 Å². The third-order valence-electron chi connectivity index (χ3n) is 5.55. The number of hydrogen-bond donors (Lipinski definition) is 1. The van der Waals surface area contributed by atoms with Crippen molar-refractivity contribution in [1.29, 1.82) is 0 Å². The van der Waals surface area contributed by atoms with Crippen LogP contribution in [0.15, 0.2) is 16.6 Å². The molecule has 1 saturated carbocycles. The first kappa shape index (κ1) is 17.6. The fourth-order valence-corrected chi connectivity index (χ4v) is 4.34. The maximum atomic E-state index is 12.1. The fraction of sp³-hybridized carbons (Fsp3) is 0.611. The van der Waals surface area contributed by atoms with Crippen LogP contribution in [0, 0.1) is 0 Å². The van der Waals surface area contributed by atoms with Crippen molar-refractivity contribution in [3.05, 3.63) is 27.2 Å². The Hall–Kier alpha value is -0.820. The van der Waals surface area contributed by atoms with Gasteiger partial charge in [-0.1, -0.05) is 11.6 Å². The van der Waals surface area contributed by atoms with Crippen LogP contribution in [0.5, 0.6) is 5.75 Å². The number of likely N-dealkylation sites (tertiary alicyclic amines) is 1. The van der Waals surface area contributed by atoms with Gasteiger partial charge in [0.25, 0.3) is 0 Å². The first-order chi connectivity index (χ1) is 12.0. The number of amides is 1. The van der Waals surface area contributed by atoms with E-state index in [4.69, 9.17) is 16.3 Å². The molecule has 4 rings (SSSR count). The molecule has 3 fully saturated rings. The van der Waals surface area contributed by atoms with Crippen LogP contribution >= 0.6 is 27.5 Å². The summed E-state index contributed by atoms with van der Waals surface area (Å²) in [4.78, 5) is 16.4. The zero-order chi connectivity index (χ0) is 17.6. The lowest BCUT2D eigenvalue weighted by atomic mass is 9.89. The predicted octanol–water partition coefficient (Wildman–Crippen LogP) is 3.16. The molecule has 25 heavy (non-hydrogen) atoms. The molecule has 1 N–H and O–H groups in total. The van der Waals surface area contributed by atoms with Crippen molar-refractivity contribution in [3.8, 4) is 5.75 Å². The number of halogens is 2. The Balaban J connectivity index is 1.38. The molecule has 0 aromatic heterocycles. The third-order valence-corrected chi connectivity index (χ3v) is 6.75. The number of aromatic hydroxyl groups is 1. The largest absolute Gasteiger partial charge is 0.508 e. The summed E-state index contributed by atoms with van der Waals surface area (Å²) >= 11 is 9.48. The van der Waals surface area contributed by atoms with Gasteiger partial charge in [0.2, 0.25) is 5.91 Å². The molecule has 2 saturated heterocycles. The second-order valence-corrected chi connectivity index (χ2v) is 8.66. The Morgan fingerprint density at radius 1 is 1.32 bits per heavy atom. The molecule has 2 aliphatic heterocycles. The van der Waals surface area contributed by atoms with E-state index in [0.29, 0.717) is 22.1 Å². The Morgan fingerprint density at radius 3 is 2.72 bits per heavy atom. The van der Waals surface area contributed by atoms with Crippen LogP contribution in [0.25, 0.3) is 0 Å². The molecular formula is C18H22BrClN2O3. The lowest BCUT2D eigenvalue weighted by Gasteiger charge is -2.47. The number of piperidine rings is 1. The SMILES string of the molecule is O=C1COC2(CCN(Cc3cc(Cl)c(Br)cc3O)CC2)CN1C1CC1. The van der Waals surface area contributed by atoms with E-state index in [0.717, 1.165) is 50.9 Å². The molecule has 7 heteroatoms. The average Bonchev–Trinajstić information content (AvgIpc) is 3.42. The molecule has 1 amide bonds. The van der Waals surface area contributed by atoms with Gasteiger partial charge in [-0.05, 0) is 53.7 Å². The molecule has 3 aliphatic rings. The summed E-state index contributed by atoms with van der Waals surface area (Å²) in [5, 5.41) is 10.7. The van der Waals surface area contributed by atoms with Crippen molar-refractivity contribution in [2.45, 2.75) is 43.9 Å². The van der Waals surface area contributed by atoms with E-state index in [-0.39, 0.29) is 23.9 Å². The number of rotatable bonds is 3. The van der Waals surface area contributed by atoms with Crippen LogP contribution in [0.4, 0.5) is 0 Å². The molecular weight excluding hydrogens is 408 g/mol. The summed E-state index contributed by atoms with van der Waals surface area (Å²) in [6, 6.07) is 3.91. The van der Waals surface area contributed by atoms with Crippen molar-refractivity contribution in [2.24, 2.45) is 0 Å². The molecule has 1 aromatic rings. The van der Waals surface area contributed by atoms with Crippen molar-refractivity contribution in [1.82, 2.24) is 9.80 Å². The summed E-state index contributed by atoms with van der Waals surface area (Å²) in [6.45, 7) is 3.40. The van der Waals surface area contributed by atoms with Gasteiger partial charge in [0.15, 0.2) is 0 Å². The number of morpholine rings is 1. The molecule has 1 aromatic carbocycles. The van der Waals surface area contributed by atoms with Crippen LogP contribution < -0.4 is 0 Å². The van der Waals surface area contributed by atoms with E-state index in [1.54, 1.807) is 6.07 Å². The van der Waals surface area contributed by atoms with Crippen LogP contribution in [0.3, 0.4) is 0 Å². The van der Waals surface area contributed by atoms with Crippen LogP contribution in [-0.2, 0) is 16.1 Å². The second kappa shape index (κ2) is 6.72. The summed E-state index contributed by atoms with van der Waals surface area (Å²) in [5.74, 6) is 0.404. The van der Waals surface area contributed by atoms with Crippen molar-refractivity contribution >= 4 is 33.4 Å². The smallest absolute Gasteiger partial charge is 0.248 e. The maximum absolute atomic E-state index is 12.1. The first-order valence-corrected chi connectivity index (χ1v) is 9.96. The number of carbonyl (C=O) groups excluding carboxylic acids is 1. The maximum Gasteiger partial charge on any atom is 0.248 e. The zero-order valence-corrected chi connectivity index (χ0v) is 16.4. The average molecular weight is 430 g/mol. The van der Waals surface area contributed by atoms with Crippen LogP contribution in [0.2, 0.25) is 5.02 Å². The quantitative estimate of drug-likeness (QED) is 0.802. The monoisotopic (exact) mass is 428 g/mol. The van der Waals surface area contributed by atoms with Gasteiger partial charge in [0.1, 0.15) is 12.4 Å². The highest BCUT2D eigenvalue weighted by molar-refractivity contribution is 9.10. The standard InChI is InChI=1S/C18H22BrClN2O3/c19-14-8-16(23)12(7-15(14)20)9-21-5-3-18(4-6-21)11-22(13-1-2-13)17(24)10-25-18/h7-8,13,23H,1-6,9-11H2. The molecule has 1 spiro atoms. The number of ether oxygens (including phenoxy) is 1. The van der Waals surface area contributed by atoms with Crippen LogP contribution in [0.1, 0.15) is 31.2 Å². The summed E-state index contributed by atoms with van der Waals surface area (Å²) in [5.41, 5.74) is 0.648. The minimum atomic E-state index is -0.188. The highest BCUT2D eigenvalue weighted by Gasteiger charge is 2.46. The summed E-state index contributed by atoms with van der Waals surface area (Å²) < 4.78 is 6.69. The van der Waals surface area contributed by atoms with Gasteiger partial charge in [-0.25, -0.2) is 0 Å². The minimum Gasteiger partial charge on any atom is -0.508 e. The Kier molecular flexibility index (Phi) is 4.73. The van der Waals surface area contributed by atoms with Gasteiger partial charge in [0.05, 0.1) is 17.2 Å². The Morgan fingerprint density at radius 2 is 2.04 bits per heavy atom. The minimum absolute atomic E-state index is 0.144. The van der Waals surface area contributed by atoms with E-state index in [1.807, 2.05) is 11.0 Å². The highest BCUT2D eigenvalue weighted by atomic mass is 79.9. The normalized spacial score (nSPS) is 24.1. The van der Waals surface area contributed by atoms with Gasteiger partial charge in [-0.15, -0.1) is 0 Å². The number of carbonyl (C=O) groups is 1. The number of phenolic OH excluding ortho intramolecular Hbond substituents is 1. The second-order valence-electron chi connectivity index (χ2n) is 7.40. The summed E-state index contributed by atoms with van der Waals surface area (Å²) in [7, 11) is 0. The third kappa shape index (κ3) is 3.68. The number of phenols is 1.